The predicted octanol–water partition coefficient (Wildman–Crippen LogP) is 3.94. The lowest BCUT2D eigenvalue weighted by atomic mass is 10.2. The molecular weight excluding hydrogens is 321 g/mol. The smallest absolute Gasteiger partial charge is 0.270 e. The largest absolute Gasteiger partial charge is 0.508 e. The number of carbonyl (C=O) groups excluding carboxylic acids is 1. The molecule has 0 spiro atoms. The molecule has 0 aromatic heterocycles. The van der Waals surface area contributed by atoms with Crippen LogP contribution < -0.4 is 4.90 Å². The van der Waals surface area contributed by atoms with Crippen LogP contribution in [0.5, 0.6) is 5.75 Å². The van der Waals surface area contributed by atoms with Gasteiger partial charge in [-0.25, -0.2) is 4.39 Å². The van der Waals surface area contributed by atoms with Crippen molar-refractivity contribution in [3.8, 4) is 5.75 Å². The van der Waals surface area contributed by atoms with Crippen molar-refractivity contribution in [2.75, 3.05) is 4.90 Å². The van der Waals surface area contributed by atoms with Gasteiger partial charge in [0, 0.05) is 0 Å². The molecule has 0 saturated carbocycles. The van der Waals surface area contributed by atoms with E-state index >= 15 is 0 Å². The monoisotopic (exact) mass is 331 g/mol. The molecule has 110 valence electrons. The first-order valence-electron chi connectivity index (χ1n) is 6.37. The van der Waals surface area contributed by atoms with Gasteiger partial charge >= 0.3 is 0 Å². The van der Waals surface area contributed by atoms with Crippen molar-refractivity contribution >= 4 is 46.0 Å². The van der Waals surface area contributed by atoms with Gasteiger partial charge in [-0.05, 0) is 48.0 Å². The zero-order valence-corrected chi connectivity index (χ0v) is 12.8. The summed E-state index contributed by atoms with van der Waals surface area (Å²) in [5, 5.41) is 9.32. The average molecular weight is 331 g/mol. The van der Waals surface area contributed by atoms with E-state index < -0.39 is 0 Å². The van der Waals surface area contributed by atoms with Crippen LogP contribution in [0.3, 0.4) is 0 Å². The molecule has 22 heavy (non-hydrogen) atoms. The number of carbonyl (C=O) groups is 1. The van der Waals surface area contributed by atoms with E-state index in [0.717, 1.165) is 5.56 Å². The fourth-order valence-corrected chi connectivity index (χ4v) is 3.30. The summed E-state index contributed by atoms with van der Waals surface area (Å²) < 4.78 is 13.3. The number of thiocarbonyl (C=S) groups is 1. The van der Waals surface area contributed by atoms with Gasteiger partial charge in [-0.1, -0.05) is 36.1 Å². The molecule has 1 aliphatic rings. The van der Waals surface area contributed by atoms with Crippen molar-refractivity contribution in [3.63, 3.8) is 0 Å². The van der Waals surface area contributed by atoms with Crippen molar-refractivity contribution in [2.45, 2.75) is 0 Å². The van der Waals surface area contributed by atoms with Crippen molar-refractivity contribution in [3.05, 3.63) is 64.8 Å². The number of phenolic OH excluding ortho intramolecular Hbond substituents is 1. The van der Waals surface area contributed by atoms with Gasteiger partial charge in [0.1, 0.15) is 11.6 Å². The highest BCUT2D eigenvalue weighted by atomic mass is 32.2. The van der Waals surface area contributed by atoms with E-state index in [1.54, 1.807) is 30.3 Å². The maximum atomic E-state index is 12.9. The first-order valence-corrected chi connectivity index (χ1v) is 7.59. The number of phenols is 1. The zero-order chi connectivity index (χ0) is 15.7. The predicted molar refractivity (Wildman–Crippen MR) is 90.2 cm³/mol. The summed E-state index contributed by atoms with van der Waals surface area (Å²) in [5.74, 6) is -0.435. The number of hydrogen-bond acceptors (Lipinski definition) is 4. The Morgan fingerprint density at radius 2 is 1.73 bits per heavy atom. The normalized spacial score (nSPS) is 16.6. The lowest BCUT2D eigenvalue weighted by Gasteiger charge is -2.14. The number of anilines is 1. The van der Waals surface area contributed by atoms with Crippen molar-refractivity contribution < 1.29 is 14.3 Å². The molecule has 1 fully saturated rings. The number of benzene rings is 2. The van der Waals surface area contributed by atoms with Gasteiger partial charge in [0.05, 0.1) is 10.6 Å². The van der Waals surface area contributed by atoms with E-state index in [4.69, 9.17) is 12.2 Å². The zero-order valence-electron chi connectivity index (χ0n) is 11.2. The number of rotatable bonds is 2. The number of hydrogen-bond donors (Lipinski definition) is 1. The van der Waals surface area contributed by atoms with Crippen LogP contribution in [-0.2, 0) is 4.79 Å². The molecule has 1 heterocycles. The fourth-order valence-electron chi connectivity index (χ4n) is 2.00. The van der Waals surface area contributed by atoms with Crippen LogP contribution in [0.4, 0.5) is 10.1 Å². The molecular formula is C16H10FNO2S2. The molecule has 2 aromatic carbocycles. The van der Waals surface area contributed by atoms with E-state index in [-0.39, 0.29) is 17.5 Å². The van der Waals surface area contributed by atoms with E-state index in [0.29, 0.717) is 14.9 Å². The van der Waals surface area contributed by atoms with Gasteiger partial charge in [0.15, 0.2) is 4.32 Å². The number of nitrogens with zero attached hydrogens (tertiary/aromatic N) is 1. The first-order chi connectivity index (χ1) is 10.5. The van der Waals surface area contributed by atoms with Crippen molar-refractivity contribution in [2.24, 2.45) is 0 Å². The molecule has 1 aliphatic heterocycles. The Kier molecular flexibility index (Phi) is 3.96. The molecule has 3 rings (SSSR count). The maximum Gasteiger partial charge on any atom is 0.270 e. The van der Waals surface area contributed by atoms with Crippen LogP contribution in [-0.4, -0.2) is 15.3 Å². The molecule has 0 unspecified atom stereocenters. The van der Waals surface area contributed by atoms with Gasteiger partial charge in [-0.3, -0.25) is 9.69 Å². The fraction of sp³-hybridized carbons (Fsp3) is 0. The SMILES string of the molecule is O=C1/C(=C/c2ccc(F)cc2)SC(=S)N1c1ccc(O)cc1. The van der Waals surface area contributed by atoms with E-state index in [1.807, 2.05) is 0 Å². The molecule has 6 heteroatoms. The third-order valence-corrected chi connectivity index (χ3v) is 4.37. The highest BCUT2D eigenvalue weighted by Crippen LogP contribution is 2.36. The molecule has 1 amide bonds. The van der Waals surface area contributed by atoms with E-state index in [1.165, 1.54) is 40.9 Å². The Morgan fingerprint density at radius 3 is 2.36 bits per heavy atom. The highest BCUT2D eigenvalue weighted by Gasteiger charge is 2.33. The van der Waals surface area contributed by atoms with Crippen LogP contribution in [0, 0.1) is 5.82 Å². The van der Waals surface area contributed by atoms with Gasteiger partial charge in [0.2, 0.25) is 0 Å². The second-order valence-electron chi connectivity index (χ2n) is 4.59. The maximum absolute atomic E-state index is 12.9. The lowest BCUT2D eigenvalue weighted by Crippen LogP contribution is -2.27. The topological polar surface area (TPSA) is 40.5 Å². The minimum absolute atomic E-state index is 0.121. The Hall–Kier alpha value is -2.18. The molecule has 2 aromatic rings. The van der Waals surface area contributed by atoms with Crippen LogP contribution in [0.2, 0.25) is 0 Å². The van der Waals surface area contributed by atoms with Crippen LogP contribution in [0.1, 0.15) is 5.56 Å². The standard InChI is InChI=1S/C16H10FNO2S2/c17-11-3-1-10(2-4-11)9-14-15(20)18(16(21)22-14)12-5-7-13(19)8-6-12/h1-9,19H/b14-9-. The number of halogens is 1. The third kappa shape index (κ3) is 2.88. The number of thioether (sulfide) groups is 1. The molecule has 1 saturated heterocycles. The quantitative estimate of drug-likeness (QED) is 0.668. The summed E-state index contributed by atoms with van der Waals surface area (Å²) in [4.78, 5) is 14.4. The number of amides is 1. The molecule has 3 nitrogen and oxygen atoms in total. The summed E-state index contributed by atoms with van der Waals surface area (Å²) >= 11 is 6.44. The van der Waals surface area contributed by atoms with Crippen LogP contribution in [0.15, 0.2) is 53.4 Å². The molecule has 0 aliphatic carbocycles. The summed E-state index contributed by atoms with van der Waals surface area (Å²) in [6.45, 7) is 0. The number of aromatic hydroxyl groups is 1. The Balaban J connectivity index is 1.91. The summed E-state index contributed by atoms with van der Waals surface area (Å²) in [7, 11) is 0. The minimum Gasteiger partial charge on any atom is -0.508 e. The summed E-state index contributed by atoms with van der Waals surface area (Å²) in [6, 6.07) is 12.1. The van der Waals surface area contributed by atoms with Crippen LogP contribution in [0.25, 0.3) is 6.08 Å². The van der Waals surface area contributed by atoms with Gasteiger partial charge in [-0.2, -0.15) is 0 Å². The van der Waals surface area contributed by atoms with Gasteiger partial charge in [-0.15, -0.1) is 0 Å². The van der Waals surface area contributed by atoms with Gasteiger partial charge < -0.3 is 5.11 Å². The first kappa shape index (κ1) is 14.7. The van der Waals surface area contributed by atoms with E-state index in [9.17, 15) is 14.3 Å². The Morgan fingerprint density at radius 1 is 1.09 bits per heavy atom. The average Bonchev–Trinajstić information content (AvgIpc) is 2.77. The van der Waals surface area contributed by atoms with Gasteiger partial charge in [0.25, 0.3) is 5.91 Å². The lowest BCUT2D eigenvalue weighted by molar-refractivity contribution is -0.113. The van der Waals surface area contributed by atoms with Crippen LogP contribution >= 0.6 is 24.0 Å². The highest BCUT2D eigenvalue weighted by molar-refractivity contribution is 8.27. The molecule has 0 radical (unpaired) electrons. The molecule has 0 atom stereocenters. The molecule has 0 bridgehead atoms. The van der Waals surface area contributed by atoms with Crippen molar-refractivity contribution in [1.29, 1.82) is 0 Å². The Bertz CT molecular complexity index is 770. The minimum atomic E-state index is -0.325. The summed E-state index contributed by atoms with van der Waals surface area (Å²) in [5.41, 5.74) is 1.33. The molecule has 1 N–H and O–H groups in total. The third-order valence-electron chi connectivity index (χ3n) is 3.07. The second kappa shape index (κ2) is 5.90. The second-order valence-corrected chi connectivity index (χ2v) is 6.26. The summed E-state index contributed by atoms with van der Waals surface area (Å²) in [6.07, 6.45) is 1.68. The Labute approximate surface area is 136 Å². The van der Waals surface area contributed by atoms with E-state index in [2.05, 4.69) is 0 Å². The van der Waals surface area contributed by atoms with Crippen molar-refractivity contribution in [1.82, 2.24) is 0 Å².